The largest absolute Gasteiger partial charge is 0.467 e. The zero-order chi connectivity index (χ0) is 9.80. The molecular formula is C10H11N3O. The van der Waals surface area contributed by atoms with E-state index in [4.69, 9.17) is 10.2 Å². The second-order valence-corrected chi connectivity index (χ2v) is 2.90. The van der Waals surface area contributed by atoms with E-state index in [0.29, 0.717) is 12.2 Å². The summed E-state index contributed by atoms with van der Waals surface area (Å²) in [5.74, 6) is 0.876. The lowest BCUT2D eigenvalue weighted by molar-refractivity contribution is 0.518. The summed E-state index contributed by atoms with van der Waals surface area (Å²) in [6.07, 6.45) is 4.96. The maximum absolute atomic E-state index is 5.70. The Morgan fingerprint density at radius 3 is 3.07 bits per heavy atom. The van der Waals surface area contributed by atoms with Crippen molar-refractivity contribution in [3.63, 3.8) is 0 Å². The quantitative estimate of drug-likeness (QED) is 0.773. The number of anilines is 2. The molecular weight excluding hydrogens is 178 g/mol. The van der Waals surface area contributed by atoms with Crippen LogP contribution in [0, 0.1) is 0 Å². The third kappa shape index (κ3) is 1.85. The molecule has 0 atom stereocenters. The number of pyridine rings is 1. The van der Waals surface area contributed by atoms with Gasteiger partial charge in [-0.05, 0) is 18.2 Å². The molecule has 0 saturated carbocycles. The standard InChI is InChI=1S/C10H11N3O/c11-9-7-12-4-3-10(9)13-6-8-2-1-5-14-8/h1-5,7H,6,11H2,(H,12,13). The maximum atomic E-state index is 5.70. The summed E-state index contributed by atoms with van der Waals surface area (Å²) in [5, 5.41) is 3.16. The van der Waals surface area contributed by atoms with E-state index in [1.165, 1.54) is 0 Å². The third-order valence-corrected chi connectivity index (χ3v) is 1.89. The van der Waals surface area contributed by atoms with Gasteiger partial charge in [-0.2, -0.15) is 0 Å². The van der Waals surface area contributed by atoms with Crippen LogP contribution in [-0.4, -0.2) is 4.98 Å². The van der Waals surface area contributed by atoms with Gasteiger partial charge in [0.05, 0.1) is 30.4 Å². The number of nitrogens with zero attached hydrogens (tertiary/aromatic N) is 1. The molecule has 0 aliphatic heterocycles. The Bertz CT molecular complexity index is 398. The third-order valence-electron chi connectivity index (χ3n) is 1.89. The zero-order valence-electron chi connectivity index (χ0n) is 7.60. The van der Waals surface area contributed by atoms with Crippen molar-refractivity contribution < 1.29 is 4.42 Å². The van der Waals surface area contributed by atoms with Crippen LogP contribution in [-0.2, 0) is 6.54 Å². The number of aromatic nitrogens is 1. The average Bonchev–Trinajstić information content (AvgIpc) is 2.69. The topological polar surface area (TPSA) is 64.1 Å². The first-order valence-corrected chi connectivity index (χ1v) is 4.32. The fraction of sp³-hybridized carbons (Fsp3) is 0.100. The average molecular weight is 189 g/mol. The number of nitrogens with two attached hydrogens (primary N) is 1. The number of nitrogen functional groups attached to an aromatic ring is 1. The Morgan fingerprint density at radius 1 is 1.43 bits per heavy atom. The van der Waals surface area contributed by atoms with Gasteiger partial charge in [0.25, 0.3) is 0 Å². The molecule has 14 heavy (non-hydrogen) atoms. The molecule has 4 heteroatoms. The molecule has 0 amide bonds. The van der Waals surface area contributed by atoms with Crippen molar-refractivity contribution in [2.75, 3.05) is 11.1 Å². The number of nitrogens with one attached hydrogen (secondary N) is 1. The molecule has 72 valence electrons. The minimum atomic E-state index is 0.626. The van der Waals surface area contributed by atoms with Crippen molar-refractivity contribution in [1.29, 1.82) is 0 Å². The molecule has 3 N–H and O–H groups in total. The van der Waals surface area contributed by atoms with Gasteiger partial charge in [-0.1, -0.05) is 0 Å². The van der Waals surface area contributed by atoms with Gasteiger partial charge in [-0.3, -0.25) is 4.98 Å². The van der Waals surface area contributed by atoms with Gasteiger partial charge in [0.1, 0.15) is 5.76 Å². The van der Waals surface area contributed by atoms with E-state index in [1.807, 2.05) is 18.2 Å². The monoisotopic (exact) mass is 189 g/mol. The summed E-state index contributed by atoms with van der Waals surface area (Å²) in [6, 6.07) is 5.59. The molecule has 4 nitrogen and oxygen atoms in total. The molecule has 2 aromatic rings. The van der Waals surface area contributed by atoms with Gasteiger partial charge >= 0.3 is 0 Å². The van der Waals surface area contributed by atoms with Crippen LogP contribution in [0.2, 0.25) is 0 Å². The van der Waals surface area contributed by atoms with E-state index in [2.05, 4.69) is 10.3 Å². The Kier molecular flexibility index (Phi) is 2.36. The first-order valence-electron chi connectivity index (χ1n) is 4.32. The summed E-state index contributed by atoms with van der Waals surface area (Å²) in [6.45, 7) is 0.626. The lowest BCUT2D eigenvalue weighted by Gasteiger charge is -2.06. The highest BCUT2D eigenvalue weighted by Crippen LogP contribution is 2.16. The molecule has 0 bridgehead atoms. The van der Waals surface area contributed by atoms with E-state index in [1.54, 1.807) is 18.7 Å². The predicted molar refractivity (Wildman–Crippen MR) is 54.7 cm³/mol. The molecule has 0 radical (unpaired) electrons. The van der Waals surface area contributed by atoms with Crippen LogP contribution in [0.1, 0.15) is 5.76 Å². The van der Waals surface area contributed by atoms with E-state index < -0.39 is 0 Å². The number of hydrogen-bond acceptors (Lipinski definition) is 4. The van der Waals surface area contributed by atoms with Gasteiger partial charge in [-0.15, -0.1) is 0 Å². The van der Waals surface area contributed by atoms with Crippen LogP contribution in [0.4, 0.5) is 11.4 Å². The normalized spacial score (nSPS) is 10.0. The summed E-state index contributed by atoms with van der Waals surface area (Å²) in [4.78, 5) is 3.90. The summed E-state index contributed by atoms with van der Waals surface area (Å²) in [7, 11) is 0. The maximum Gasteiger partial charge on any atom is 0.122 e. The van der Waals surface area contributed by atoms with Crippen LogP contribution in [0.5, 0.6) is 0 Å². The highest BCUT2D eigenvalue weighted by atomic mass is 16.3. The molecule has 0 spiro atoms. The fourth-order valence-corrected chi connectivity index (χ4v) is 1.16. The van der Waals surface area contributed by atoms with Crippen molar-refractivity contribution in [2.24, 2.45) is 0 Å². The van der Waals surface area contributed by atoms with Crippen LogP contribution in [0.3, 0.4) is 0 Å². The van der Waals surface area contributed by atoms with Crippen molar-refractivity contribution in [3.05, 3.63) is 42.6 Å². The van der Waals surface area contributed by atoms with Gasteiger partial charge in [-0.25, -0.2) is 0 Å². The van der Waals surface area contributed by atoms with Crippen LogP contribution >= 0.6 is 0 Å². The van der Waals surface area contributed by atoms with Crippen molar-refractivity contribution in [2.45, 2.75) is 6.54 Å². The van der Waals surface area contributed by atoms with Gasteiger partial charge in [0.2, 0.25) is 0 Å². The Labute approximate surface area is 81.8 Å². The van der Waals surface area contributed by atoms with Crippen molar-refractivity contribution in [3.8, 4) is 0 Å². The molecule has 2 heterocycles. The van der Waals surface area contributed by atoms with Crippen molar-refractivity contribution in [1.82, 2.24) is 4.98 Å². The van der Waals surface area contributed by atoms with Crippen molar-refractivity contribution >= 4 is 11.4 Å². The zero-order valence-corrected chi connectivity index (χ0v) is 7.60. The minimum Gasteiger partial charge on any atom is -0.467 e. The van der Waals surface area contributed by atoms with Gasteiger partial charge in [0, 0.05) is 6.20 Å². The Hall–Kier alpha value is -1.97. The molecule has 2 aromatic heterocycles. The molecule has 0 aliphatic rings. The molecule has 0 aromatic carbocycles. The first-order chi connectivity index (χ1) is 6.86. The molecule has 0 aliphatic carbocycles. The van der Waals surface area contributed by atoms with Crippen LogP contribution < -0.4 is 11.1 Å². The van der Waals surface area contributed by atoms with E-state index in [-0.39, 0.29) is 0 Å². The summed E-state index contributed by atoms with van der Waals surface area (Å²) in [5.41, 5.74) is 7.21. The molecule has 0 saturated heterocycles. The van der Waals surface area contributed by atoms with E-state index in [9.17, 15) is 0 Å². The second-order valence-electron chi connectivity index (χ2n) is 2.90. The van der Waals surface area contributed by atoms with Crippen LogP contribution in [0.25, 0.3) is 0 Å². The summed E-state index contributed by atoms with van der Waals surface area (Å²) < 4.78 is 5.18. The molecule has 0 unspecified atom stereocenters. The number of rotatable bonds is 3. The van der Waals surface area contributed by atoms with E-state index >= 15 is 0 Å². The van der Waals surface area contributed by atoms with Gasteiger partial charge in [0.15, 0.2) is 0 Å². The van der Waals surface area contributed by atoms with Gasteiger partial charge < -0.3 is 15.5 Å². The minimum absolute atomic E-state index is 0.626. The van der Waals surface area contributed by atoms with E-state index in [0.717, 1.165) is 11.4 Å². The SMILES string of the molecule is Nc1cnccc1NCc1ccco1. The smallest absolute Gasteiger partial charge is 0.122 e. The number of hydrogen-bond donors (Lipinski definition) is 2. The molecule has 0 fully saturated rings. The molecule has 2 rings (SSSR count). The second kappa shape index (κ2) is 3.83. The summed E-state index contributed by atoms with van der Waals surface area (Å²) >= 11 is 0. The lowest BCUT2D eigenvalue weighted by Crippen LogP contribution is -2.01. The highest BCUT2D eigenvalue weighted by Gasteiger charge is 1.98. The highest BCUT2D eigenvalue weighted by molar-refractivity contribution is 5.64. The number of furan rings is 1. The Morgan fingerprint density at radius 2 is 2.36 bits per heavy atom. The fourth-order valence-electron chi connectivity index (χ4n) is 1.16. The first kappa shape index (κ1) is 8.62. The lowest BCUT2D eigenvalue weighted by atomic mass is 10.3. The van der Waals surface area contributed by atoms with Crippen LogP contribution in [0.15, 0.2) is 41.3 Å². The Balaban J connectivity index is 2.02. The predicted octanol–water partition coefficient (Wildman–Crippen LogP) is 1.87.